The van der Waals surface area contributed by atoms with Gasteiger partial charge in [-0.2, -0.15) is 9.78 Å². The number of carbonyl (C=O) groups excluding carboxylic acids is 1. The van der Waals surface area contributed by atoms with E-state index in [9.17, 15) is 4.79 Å². The zero-order valence-corrected chi connectivity index (χ0v) is 16.8. The molecule has 9 heteroatoms. The van der Waals surface area contributed by atoms with Crippen molar-refractivity contribution in [2.75, 3.05) is 7.11 Å². The molecule has 144 valence electrons. The van der Waals surface area contributed by atoms with Crippen LogP contribution in [-0.4, -0.2) is 34.2 Å². The topological polar surface area (TPSA) is 78.6 Å². The van der Waals surface area contributed by atoms with Gasteiger partial charge in [-0.15, -0.1) is 10.2 Å². The molecule has 0 aliphatic heterocycles. The largest absolute Gasteiger partial charge is 0.493 e. The van der Waals surface area contributed by atoms with E-state index >= 15 is 0 Å². The summed E-state index contributed by atoms with van der Waals surface area (Å²) in [6.45, 7) is 1.34. The Labute approximate surface area is 171 Å². The third-order valence-corrected chi connectivity index (χ3v) is 4.81. The van der Waals surface area contributed by atoms with Gasteiger partial charge < -0.3 is 9.47 Å². The van der Waals surface area contributed by atoms with Gasteiger partial charge in [-0.1, -0.05) is 35.5 Å². The molecule has 1 aromatic heterocycles. The molecule has 0 fully saturated rings. The Bertz CT molecular complexity index is 989. The Morgan fingerprint density at radius 1 is 1.25 bits per heavy atom. The molecule has 0 unspecified atom stereocenters. The first-order valence-electron chi connectivity index (χ1n) is 8.23. The minimum absolute atomic E-state index is 0.357. The fraction of sp³-hybridized carbons (Fsp3) is 0.158. The number of carbonyl (C=O) groups is 1. The maximum absolute atomic E-state index is 11.1. The smallest absolute Gasteiger partial charge is 0.308 e. The summed E-state index contributed by atoms with van der Waals surface area (Å²) < 4.78 is 11.9. The van der Waals surface area contributed by atoms with Crippen LogP contribution in [0.5, 0.6) is 11.5 Å². The number of ether oxygens (including phenoxy) is 2. The Hall–Kier alpha value is -2.84. The lowest BCUT2D eigenvalue weighted by Gasteiger charge is -2.08. The summed E-state index contributed by atoms with van der Waals surface area (Å²) in [5.74, 6) is 1.11. The van der Waals surface area contributed by atoms with E-state index in [0.29, 0.717) is 21.7 Å². The normalized spacial score (nSPS) is 11.0. The van der Waals surface area contributed by atoms with Gasteiger partial charge in [-0.25, -0.2) is 0 Å². The van der Waals surface area contributed by atoms with Crippen molar-refractivity contribution in [2.45, 2.75) is 17.8 Å². The molecular formula is C19H17ClN4O3S. The number of nitrogens with zero attached hydrogens (tertiary/aromatic N) is 4. The Balaban J connectivity index is 1.70. The summed E-state index contributed by atoms with van der Waals surface area (Å²) in [6.07, 6.45) is 3.18. The predicted molar refractivity (Wildman–Crippen MR) is 108 cm³/mol. The van der Waals surface area contributed by atoms with Crippen LogP contribution in [0.25, 0.3) is 0 Å². The molecular weight excluding hydrogens is 400 g/mol. The molecule has 3 aromatic rings. The highest BCUT2D eigenvalue weighted by molar-refractivity contribution is 7.98. The zero-order chi connectivity index (χ0) is 19.9. The number of hydrogen-bond donors (Lipinski definition) is 0. The van der Waals surface area contributed by atoms with Gasteiger partial charge in [0.05, 0.1) is 13.3 Å². The average Bonchev–Trinajstić information content (AvgIpc) is 3.13. The highest BCUT2D eigenvalue weighted by Crippen LogP contribution is 2.28. The molecule has 0 aliphatic rings. The van der Waals surface area contributed by atoms with E-state index in [1.165, 1.54) is 32.1 Å². The van der Waals surface area contributed by atoms with Crippen molar-refractivity contribution in [3.05, 3.63) is 64.9 Å². The van der Waals surface area contributed by atoms with Crippen molar-refractivity contribution in [2.24, 2.45) is 5.10 Å². The van der Waals surface area contributed by atoms with E-state index in [0.717, 1.165) is 16.9 Å². The first kappa shape index (κ1) is 19.9. The van der Waals surface area contributed by atoms with E-state index in [2.05, 4.69) is 15.3 Å². The lowest BCUT2D eigenvalue weighted by atomic mass is 10.2. The number of halogens is 1. The van der Waals surface area contributed by atoms with E-state index in [1.807, 2.05) is 24.3 Å². The first-order valence-corrected chi connectivity index (χ1v) is 9.59. The number of thioether (sulfide) groups is 1. The molecule has 0 spiro atoms. The van der Waals surface area contributed by atoms with Crippen molar-refractivity contribution in [3.63, 3.8) is 0 Å². The summed E-state index contributed by atoms with van der Waals surface area (Å²) in [6, 6.07) is 12.8. The van der Waals surface area contributed by atoms with Crippen LogP contribution in [0.2, 0.25) is 5.02 Å². The zero-order valence-electron chi connectivity index (χ0n) is 15.2. The van der Waals surface area contributed by atoms with Crippen molar-refractivity contribution in [1.29, 1.82) is 0 Å². The lowest BCUT2D eigenvalue weighted by Crippen LogP contribution is -2.03. The number of rotatable bonds is 7. The van der Waals surface area contributed by atoms with E-state index < -0.39 is 5.97 Å². The molecule has 0 amide bonds. The number of esters is 1. The Morgan fingerprint density at radius 2 is 2.04 bits per heavy atom. The summed E-state index contributed by atoms with van der Waals surface area (Å²) in [5.41, 5.74) is 1.90. The second kappa shape index (κ2) is 9.38. The second-order valence-electron chi connectivity index (χ2n) is 5.62. The molecule has 0 N–H and O–H groups in total. The maximum atomic E-state index is 11.1. The minimum atomic E-state index is -0.411. The number of methoxy groups -OCH3 is 1. The fourth-order valence-corrected chi connectivity index (χ4v) is 3.20. The quantitative estimate of drug-likeness (QED) is 0.250. The van der Waals surface area contributed by atoms with Gasteiger partial charge in [0.25, 0.3) is 0 Å². The molecule has 0 radical (unpaired) electrons. The highest BCUT2D eigenvalue weighted by atomic mass is 35.5. The molecule has 0 saturated carbocycles. The van der Waals surface area contributed by atoms with Gasteiger partial charge in [0, 0.05) is 17.7 Å². The Morgan fingerprint density at radius 3 is 2.75 bits per heavy atom. The van der Waals surface area contributed by atoms with Crippen LogP contribution in [0.15, 0.2) is 59.0 Å². The van der Waals surface area contributed by atoms with E-state index in [1.54, 1.807) is 29.1 Å². The number of aromatic nitrogens is 3. The standard InChI is InChI=1S/C19H17ClN4O3S/c1-13(25)27-17-8-5-15(9-18(17)26-2)10-22-24-12-21-23-19(24)28-11-14-3-6-16(20)7-4-14/h3-10,12H,11H2,1-2H3/b22-10-. The lowest BCUT2D eigenvalue weighted by molar-refractivity contribution is -0.132. The molecule has 2 aromatic carbocycles. The molecule has 0 atom stereocenters. The fourth-order valence-electron chi connectivity index (χ4n) is 2.25. The van der Waals surface area contributed by atoms with E-state index in [4.69, 9.17) is 21.1 Å². The molecule has 7 nitrogen and oxygen atoms in total. The van der Waals surface area contributed by atoms with Crippen molar-refractivity contribution in [3.8, 4) is 11.5 Å². The third kappa shape index (κ3) is 5.34. The number of hydrogen-bond acceptors (Lipinski definition) is 7. The monoisotopic (exact) mass is 416 g/mol. The van der Waals surface area contributed by atoms with Crippen LogP contribution >= 0.6 is 23.4 Å². The van der Waals surface area contributed by atoms with Crippen molar-refractivity contribution in [1.82, 2.24) is 14.9 Å². The van der Waals surface area contributed by atoms with Gasteiger partial charge in [-0.05, 0) is 41.5 Å². The molecule has 3 rings (SSSR count). The minimum Gasteiger partial charge on any atom is -0.493 e. The van der Waals surface area contributed by atoms with Gasteiger partial charge in [0.15, 0.2) is 11.5 Å². The second-order valence-corrected chi connectivity index (χ2v) is 7.00. The van der Waals surface area contributed by atoms with Crippen molar-refractivity contribution < 1.29 is 14.3 Å². The Kier molecular flexibility index (Phi) is 6.67. The predicted octanol–water partition coefficient (Wildman–Crippen LogP) is 4.04. The van der Waals surface area contributed by atoms with Gasteiger partial charge in [0.2, 0.25) is 5.16 Å². The average molecular weight is 417 g/mol. The van der Waals surface area contributed by atoms with Gasteiger partial charge >= 0.3 is 5.97 Å². The SMILES string of the molecule is COc1cc(/C=N\n2cnnc2SCc2ccc(Cl)cc2)ccc1OC(C)=O. The molecule has 0 bridgehead atoms. The van der Waals surface area contributed by atoms with Gasteiger partial charge in [-0.3, -0.25) is 4.79 Å². The third-order valence-electron chi connectivity index (χ3n) is 3.55. The van der Waals surface area contributed by atoms with Crippen molar-refractivity contribution >= 4 is 35.5 Å². The van der Waals surface area contributed by atoms with Crippen LogP contribution in [0.3, 0.4) is 0 Å². The van der Waals surface area contributed by atoms with Crippen LogP contribution in [0.4, 0.5) is 0 Å². The summed E-state index contributed by atoms with van der Waals surface area (Å²) in [7, 11) is 1.51. The van der Waals surface area contributed by atoms with Crippen LogP contribution in [0.1, 0.15) is 18.1 Å². The maximum Gasteiger partial charge on any atom is 0.308 e. The van der Waals surface area contributed by atoms with E-state index in [-0.39, 0.29) is 0 Å². The highest BCUT2D eigenvalue weighted by Gasteiger charge is 2.08. The molecule has 28 heavy (non-hydrogen) atoms. The summed E-state index contributed by atoms with van der Waals surface area (Å²) in [4.78, 5) is 11.1. The molecule has 1 heterocycles. The summed E-state index contributed by atoms with van der Waals surface area (Å²) in [5, 5.41) is 13.8. The molecule has 0 aliphatic carbocycles. The molecule has 0 saturated heterocycles. The van der Waals surface area contributed by atoms with Crippen LogP contribution in [-0.2, 0) is 10.5 Å². The van der Waals surface area contributed by atoms with Gasteiger partial charge in [0.1, 0.15) is 6.33 Å². The number of benzene rings is 2. The first-order chi connectivity index (χ1) is 13.5. The van der Waals surface area contributed by atoms with Crippen LogP contribution < -0.4 is 9.47 Å². The van der Waals surface area contributed by atoms with Crippen LogP contribution in [0, 0.1) is 0 Å². The summed E-state index contributed by atoms with van der Waals surface area (Å²) >= 11 is 7.42.